The van der Waals surface area contributed by atoms with Crippen LogP contribution in [0.5, 0.6) is 11.5 Å². The number of fused-ring (bicyclic) bond motifs is 3. The molecule has 6 N–H and O–H groups in total. The number of phenols is 1. The number of phosphoric acid groups is 1. The number of carbonyl (C=O) groups is 1. The Balaban J connectivity index is 1.61. The number of amides is 1. The highest BCUT2D eigenvalue weighted by Crippen LogP contribution is 2.39. The highest BCUT2D eigenvalue weighted by molar-refractivity contribution is 14.1. The van der Waals surface area contributed by atoms with Crippen molar-refractivity contribution >= 4 is 64.1 Å². The molecule has 0 unspecified atom stereocenters. The Labute approximate surface area is 263 Å². The number of nitrogens with zero attached hydrogens (tertiary/aromatic N) is 3. The molecule has 4 aromatic rings. The fraction of sp³-hybridized carbons (Fsp3) is 0.414. The fourth-order valence-corrected chi connectivity index (χ4v) is 5.50. The average molecular weight is 726 g/mol. The Morgan fingerprint density at radius 2 is 1.88 bits per heavy atom. The van der Waals surface area contributed by atoms with Crippen molar-refractivity contribution in [1.29, 1.82) is 0 Å². The van der Waals surface area contributed by atoms with E-state index < -0.39 is 7.82 Å². The zero-order valence-electron chi connectivity index (χ0n) is 24.0. The topological polar surface area (TPSA) is 182 Å². The van der Waals surface area contributed by atoms with Gasteiger partial charge in [-0.2, -0.15) is 0 Å². The van der Waals surface area contributed by atoms with Crippen LogP contribution in [-0.4, -0.2) is 59.5 Å². The molecule has 0 bridgehead atoms. The number of alkyl halides is 1. The first-order valence-electron chi connectivity index (χ1n) is 14.1. The monoisotopic (exact) mass is 725 g/mol. The maximum Gasteiger partial charge on any atom is 0.524 e. The fourth-order valence-electron chi connectivity index (χ4n) is 4.84. The number of unbranched alkanes of at least 4 members (excludes halogenated alkanes) is 1. The number of rotatable bonds is 16. The number of carbonyl (C=O) groups excluding carboxylic acids is 1. The number of pyridine rings is 1. The third kappa shape index (κ3) is 9.02. The molecular formula is C29H37IN5O7P. The number of halogens is 1. The molecule has 43 heavy (non-hydrogen) atoms. The lowest BCUT2D eigenvalue weighted by molar-refractivity contribution is -0.118. The summed E-state index contributed by atoms with van der Waals surface area (Å²) in [5.74, 6) is 1.01. The van der Waals surface area contributed by atoms with Crippen molar-refractivity contribution in [3.05, 3.63) is 53.3 Å². The molecule has 2 aromatic heterocycles. The van der Waals surface area contributed by atoms with Gasteiger partial charge >= 0.3 is 7.82 Å². The van der Waals surface area contributed by atoms with Crippen molar-refractivity contribution in [2.45, 2.75) is 52.0 Å². The third-order valence-corrected chi connectivity index (χ3v) is 8.01. The second kappa shape index (κ2) is 15.2. The molecule has 0 aliphatic rings. The lowest BCUT2D eigenvalue weighted by Gasteiger charge is -2.14. The molecule has 232 valence electrons. The molecule has 4 rings (SSSR count). The number of ether oxygens (including phenoxy) is 1. The van der Waals surface area contributed by atoms with Gasteiger partial charge in [-0.15, -0.1) is 0 Å². The van der Waals surface area contributed by atoms with Gasteiger partial charge < -0.3 is 30.0 Å². The SMILES string of the molecule is CCCCc1nc2c(N)nc3ccc(CCCOCCCNC(=O)CI)cc3c2n1Cc1cc(OP(=O)(O)O)ccc1O. The number of hydrogen-bond donors (Lipinski definition) is 5. The number of phosphoric ester groups is 1. The first-order chi connectivity index (χ1) is 20.6. The van der Waals surface area contributed by atoms with Crippen LogP contribution in [0.15, 0.2) is 36.4 Å². The number of nitrogens with two attached hydrogens (primary N) is 1. The Kier molecular flexibility index (Phi) is 11.6. The molecule has 0 saturated heterocycles. The van der Waals surface area contributed by atoms with Gasteiger partial charge in [0.15, 0.2) is 5.82 Å². The van der Waals surface area contributed by atoms with Crippen LogP contribution in [0.2, 0.25) is 0 Å². The minimum Gasteiger partial charge on any atom is -0.508 e. The molecule has 0 spiro atoms. The number of aryl methyl sites for hydroxylation is 2. The van der Waals surface area contributed by atoms with Gasteiger partial charge in [-0.1, -0.05) is 42.0 Å². The Hall–Kier alpha value is -2.97. The molecule has 0 fully saturated rings. The van der Waals surface area contributed by atoms with Gasteiger partial charge in [0.2, 0.25) is 5.91 Å². The largest absolute Gasteiger partial charge is 0.524 e. The van der Waals surface area contributed by atoms with Crippen molar-refractivity contribution in [2.24, 2.45) is 0 Å². The summed E-state index contributed by atoms with van der Waals surface area (Å²) >= 11 is 2.03. The number of phenolic OH excluding ortho intramolecular Hbond substituents is 1. The molecule has 1 amide bonds. The molecule has 0 atom stereocenters. The lowest BCUT2D eigenvalue weighted by atomic mass is 10.1. The van der Waals surface area contributed by atoms with E-state index in [1.54, 1.807) is 0 Å². The van der Waals surface area contributed by atoms with Crippen LogP contribution in [0.3, 0.4) is 0 Å². The highest BCUT2D eigenvalue weighted by Gasteiger charge is 2.21. The Bertz CT molecular complexity index is 1620. The average Bonchev–Trinajstić information content (AvgIpc) is 3.33. The minimum absolute atomic E-state index is 0.0281. The first-order valence-corrected chi connectivity index (χ1v) is 17.2. The first kappa shape index (κ1) is 32.9. The van der Waals surface area contributed by atoms with Crippen molar-refractivity contribution in [1.82, 2.24) is 19.9 Å². The maximum atomic E-state index is 11.4. The van der Waals surface area contributed by atoms with Crippen LogP contribution in [0, 0.1) is 0 Å². The number of anilines is 1. The van der Waals surface area contributed by atoms with Crippen molar-refractivity contribution in [2.75, 3.05) is 29.9 Å². The van der Waals surface area contributed by atoms with Crippen LogP contribution in [-0.2, 0) is 33.5 Å². The second-order valence-corrected chi connectivity index (χ2v) is 12.1. The number of hydrogen-bond acceptors (Lipinski definition) is 8. The van der Waals surface area contributed by atoms with E-state index in [2.05, 4.69) is 23.3 Å². The molecule has 0 saturated carbocycles. The van der Waals surface area contributed by atoms with E-state index in [-0.39, 0.29) is 24.0 Å². The highest BCUT2D eigenvalue weighted by atomic mass is 127. The number of benzene rings is 2. The number of nitrogens with one attached hydrogen (secondary N) is 1. The van der Waals surface area contributed by atoms with E-state index in [4.69, 9.17) is 20.0 Å². The summed E-state index contributed by atoms with van der Waals surface area (Å²) in [5, 5.41) is 14.4. The smallest absolute Gasteiger partial charge is 0.508 e. The number of nitrogen functional groups attached to an aromatic ring is 1. The van der Waals surface area contributed by atoms with Gasteiger partial charge in [0.1, 0.15) is 22.8 Å². The zero-order chi connectivity index (χ0) is 31.0. The van der Waals surface area contributed by atoms with Crippen LogP contribution in [0.4, 0.5) is 5.82 Å². The van der Waals surface area contributed by atoms with E-state index in [0.29, 0.717) is 53.0 Å². The van der Waals surface area contributed by atoms with Crippen molar-refractivity contribution in [3.8, 4) is 11.5 Å². The van der Waals surface area contributed by atoms with E-state index in [1.807, 2.05) is 39.3 Å². The number of aromatic hydroxyl groups is 1. The normalized spacial score (nSPS) is 11.8. The lowest BCUT2D eigenvalue weighted by Crippen LogP contribution is -2.25. The maximum absolute atomic E-state index is 11.4. The summed E-state index contributed by atoms with van der Waals surface area (Å²) in [6.07, 6.45) is 4.87. The van der Waals surface area contributed by atoms with Gasteiger partial charge in [0.05, 0.1) is 22.0 Å². The summed E-state index contributed by atoms with van der Waals surface area (Å²) in [4.78, 5) is 39.3. The molecule has 2 aromatic carbocycles. The van der Waals surface area contributed by atoms with Gasteiger partial charge in [0, 0.05) is 37.1 Å². The molecule has 0 aliphatic heterocycles. The molecule has 2 heterocycles. The summed E-state index contributed by atoms with van der Waals surface area (Å²) in [7, 11) is -4.78. The molecule has 0 aliphatic carbocycles. The second-order valence-electron chi connectivity index (χ2n) is 10.2. The van der Waals surface area contributed by atoms with Crippen LogP contribution in [0.1, 0.15) is 49.6 Å². The van der Waals surface area contributed by atoms with Crippen molar-refractivity contribution in [3.63, 3.8) is 0 Å². The van der Waals surface area contributed by atoms with Crippen LogP contribution >= 0.6 is 30.4 Å². The van der Waals surface area contributed by atoms with E-state index in [0.717, 1.165) is 54.4 Å². The summed E-state index contributed by atoms with van der Waals surface area (Å²) in [6.45, 7) is 4.04. The van der Waals surface area contributed by atoms with E-state index in [1.165, 1.54) is 18.2 Å². The summed E-state index contributed by atoms with van der Waals surface area (Å²) in [6, 6.07) is 10.1. The van der Waals surface area contributed by atoms with E-state index >= 15 is 0 Å². The van der Waals surface area contributed by atoms with Gasteiger partial charge in [-0.05, 0) is 61.6 Å². The summed E-state index contributed by atoms with van der Waals surface area (Å²) < 4.78 is 24.4. The summed E-state index contributed by atoms with van der Waals surface area (Å²) in [5.41, 5.74) is 9.94. The van der Waals surface area contributed by atoms with Crippen LogP contribution < -0.4 is 15.6 Å². The van der Waals surface area contributed by atoms with E-state index in [9.17, 15) is 24.3 Å². The van der Waals surface area contributed by atoms with Crippen LogP contribution in [0.25, 0.3) is 21.9 Å². The van der Waals surface area contributed by atoms with Gasteiger partial charge in [0.25, 0.3) is 0 Å². The molecule has 12 nitrogen and oxygen atoms in total. The molecule has 0 radical (unpaired) electrons. The molecular weight excluding hydrogens is 688 g/mol. The standard InChI is InChI=1S/C29H37IN5O7P/c1-2-3-7-25-34-27-28(35(25)18-20-16-21(9-11-24(20)36)42-43(38,39)40)22-15-19(8-10-23(22)33-29(27)31)6-4-13-41-14-5-12-32-26(37)17-30/h8-11,15-16,36H,2-7,12-14,17-18H2,1H3,(H2,31,33)(H,32,37)(H2,38,39,40). The third-order valence-electron chi connectivity index (χ3n) is 6.87. The van der Waals surface area contributed by atoms with Gasteiger partial charge in [-0.25, -0.2) is 14.5 Å². The minimum atomic E-state index is -4.78. The predicted molar refractivity (Wildman–Crippen MR) is 174 cm³/mol. The van der Waals surface area contributed by atoms with Gasteiger partial charge in [-0.3, -0.25) is 14.6 Å². The molecule has 14 heteroatoms. The predicted octanol–water partition coefficient (Wildman–Crippen LogP) is 4.63. The number of imidazole rings is 1. The number of aromatic nitrogens is 3. The zero-order valence-corrected chi connectivity index (χ0v) is 27.0. The Morgan fingerprint density at radius 3 is 2.63 bits per heavy atom. The quantitative estimate of drug-likeness (QED) is 0.0473. The van der Waals surface area contributed by atoms with Crippen molar-refractivity contribution < 1.29 is 33.5 Å². The Morgan fingerprint density at radius 1 is 1.09 bits per heavy atom.